The first-order chi connectivity index (χ1) is 9.88. The van der Waals surface area contributed by atoms with Crippen LogP contribution in [0.1, 0.15) is 10.4 Å². The lowest BCUT2D eigenvalue weighted by molar-refractivity contribution is -0.385. The van der Waals surface area contributed by atoms with Gasteiger partial charge in [0, 0.05) is 21.8 Å². The van der Waals surface area contributed by atoms with E-state index < -0.39 is 10.9 Å². The number of rotatable bonds is 4. The van der Waals surface area contributed by atoms with Gasteiger partial charge < -0.3 is 9.84 Å². The van der Waals surface area contributed by atoms with E-state index in [2.05, 4.69) is 20.9 Å². The number of nitrogens with zero attached hydrogens (tertiary/aromatic N) is 2. The van der Waals surface area contributed by atoms with Gasteiger partial charge in [-0.1, -0.05) is 11.6 Å². The van der Waals surface area contributed by atoms with Crippen molar-refractivity contribution in [2.24, 2.45) is 0 Å². The van der Waals surface area contributed by atoms with Crippen LogP contribution in [0.5, 0.6) is 11.6 Å². The third kappa shape index (κ3) is 3.47. The minimum atomic E-state index is -1.27. The number of carboxylic acids is 1. The van der Waals surface area contributed by atoms with E-state index in [-0.39, 0.29) is 27.9 Å². The maximum Gasteiger partial charge on any atom is 0.341 e. The second-order valence-corrected chi connectivity index (χ2v) is 5.13. The highest BCUT2D eigenvalue weighted by atomic mass is 79.9. The van der Waals surface area contributed by atoms with E-state index in [1.54, 1.807) is 0 Å². The van der Waals surface area contributed by atoms with Crippen LogP contribution in [0.25, 0.3) is 0 Å². The molecule has 0 unspecified atom stereocenters. The van der Waals surface area contributed by atoms with Crippen molar-refractivity contribution in [2.45, 2.75) is 0 Å². The van der Waals surface area contributed by atoms with Crippen molar-refractivity contribution in [2.75, 3.05) is 0 Å². The Bertz CT molecular complexity index is 676. The van der Waals surface area contributed by atoms with Crippen LogP contribution in [-0.4, -0.2) is 21.0 Å². The monoisotopic (exact) mass is 372 g/mol. The molecule has 2 rings (SSSR count). The van der Waals surface area contributed by atoms with Gasteiger partial charge in [-0.3, -0.25) is 10.1 Å². The maximum atomic E-state index is 11.1. The van der Waals surface area contributed by atoms with Gasteiger partial charge in [0.2, 0.25) is 11.6 Å². The normalized spacial score (nSPS) is 10.2. The Morgan fingerprint density at radius 1 is 1.43 bits per heavy atom. The lowest BCUT2D eigenvalue weighted by Crippen LogP contribution is -2.03. The standard InChI is InChI=1S/C12H6BrClN2O5/c13-6-3-8(12(17)18)11(15-5-6)21-10-2-1-7(14)4-9(10)16(19)20/h1-5H,(H,17,18). The van der Waals surface area contributed by atoms with Gasteiger partial charge in [0.1, 0.15) is 5.56 Å². The van der Waals surface area contributed by atoms with Crippen LogP contribution >= 0.6 is 27.5 Å². The van der Waals surface area contributed by atoms with Crippen LogP contribution in [0.15, 0.2) is 34.9 Å². The molecule has 0 atom stereocenters. The number of benzene rings is 1. The fraction of sp³-hybridized carbons (Fsp3) is 0. The first kappa shape index (κ1) is 15.2. The third-order valence-electron chi connectivity index (χ3n) is 2.37. The predicted octanol–water partition coefficient (Wildman–Crippen LogP) is 3.90. The summed E-state index contributed by atoms with van der Waals surface area (Å²) in [4.78, 5) is 25.2. The number of pyridine rings is 1. The van der Waals surface area contributed by atoms with E-state index in [1.165, 1.54) is 24.4 Å². The SMILES string of the molecule is O=C(O)c1cc(Br)cnc1Oc1ccc(Cl)cc1[N+](=O)[O-]. The Morgan fingerprint density at radius 3 is 2.76 bits per heavy atom. The highest BCUT2D eigenvalue weighted by Crippen LogP contribution is 2.34. The number of aromatic nitrogens is 1. The molecule has 2 aromatic rings. The number of nitro benzene ring substituents is 1. The van der Waals surface area contributed by atoms with E-state index in [0.717, 1.165) is 6.07 Å². The van der Waals surface area contributed by atoms with Crippen molar-refractivity contribution < 1.29 is 19.6 Å². The zero-order valence-corrected chi connectivity index (χ0v) is 12.5. The zero-order chi connectivity index (χ0) is 15.6. The Balaban J connectivity index is 2.48. The van der Waals surface area contributed by atoms with Crippen LogP contribution in [-0.2, 0) is 0 Å². The van der Waals surface area contributed by atoms with Gasteiger partial charge in [0.25, 0.3) is 0 Å². The molecule has 7 nitrogen and oxygen atoms in total. The van der Waals surface area contributed by atoms with E-state index in [1.807, 2.05) is 0 Å². The largest absolute Gasteiger partial charge is 0.477 e. The van der Waals surface area contributed by atoms with Gasteiger partial charge >= 0.3 is 11.7 Å². The lowest BCUT2D eigenvalue weighted by atomic mass is 10.2. The van der Waals surface area contributed by atoms with Gasteiger partial charge in [-0.2, -0.15) is 0 Å². The fourth-order valence-electron chi connectivity index (χ4n) is 1.48. The summed E-state index contributed by atoms with van der Waals surface area (Å²) >= 11 is 8.78. The van der Waals surface area contributed by atoms with Crippen LogP contribution in [0.4, 0.5) is 5.69 Å². The predicted molar refractivity (Wildman–Crippen MR) is 77.1 cm³/mol. The maximum absolute atomic E-state index is 11.1. The molecule has 0 aliphatic carbocycles. The molecule has 1 N–H and O–H groups in total. The van der Waals surface area contributed by atoms with Gasteiger partial charge in [0.15, 0.2) is 0 Å². The Morgan fingerprint density at radius 2 is 2.14 bits per heavy atom. The van der Waals surface area contributed by atoms with Crippen LogP contribution in [0, 0.1) is 10.1 Å². The molecular weight excluding hydrogens is 367 g/mol. The molecule has 1 heterocycles. The second kappa shape index (κ2) is 6.06. The summed E-state index contributed by atoms with van der Waals surface area (Å²) in [6, 6.07) is 5.06. The molecule has 0 fully saturated rings. The summed E-state index contributed by atoms with van der Waals surface area (Å²) < 4.78 is 5.70. The number of nitro groups is 1. The summed E-state index contributed by atoms with van der Waals surface area (Å²) in [7, 11) is 0. The number of ether oxygens (including phenoxy) is 1. The number of carbonyl (C=O) groups is 1. The molecule has 1 aromatic carbocycles. The fourth-order valence-corrected chi connectivity index (χ4v) is 1.98. The molecule has 21 heavy (non-hydrogen) atoms. The Labute approximate surface area is 131 Å². The van der Waals surface area contributed by atoms with Crippen molar-refractivity contribution in [3.63, 3.8) is 0 Å². The smallest absolute Gasteiger partial charge is 0.341 e. The topological polar surface area (TPSA) is 103 Å². The summed E-state index contributed by atoms with van der Waals surface area (Å²) in [6.45, 7) is 0. The van der Waals surface area contributed by atoms with E-state index in [9.17, 15) is 14.9 Å². The summed E-state index contributed by atoms with van der Waals surface area (Å²) in [5, 5.41) is 20.2. The van der Waals surface area contributed by atoms with Crippen molar-refractivity contribution >= 4 is 39.2 Å². The van der Waals surface area contributed by atoms with Gasteiger partial charge in [-0.05, 0) is 34.1 Å². The van der Waals surface area contributed by atoms with Crippen LogP contribution in [0.2, 0.25) is 5.02 Å². The number of halogens is 2. The molecule has 0 aliphatic rings. The van der Waals surface area contributed by atoms with E-state index in [0.29, 0.717) is 4.47 Å². The molecule has 0 radical (unpaired) electrons. The molecular formula is C12H6BrClN2O5. The van der Waals surface area contributed by atoms with Gasteiger partial charge in [0.05, 0.1) is 4.92 Å². The quantitative estimate of drug-likeness (QED) is 0.644. The lowest BCUT2D eigenvalue weighted by Gasteiger charge is -2.08. The highest BCUT2D eigenvalue weighted by molar-refractivity contribution is 9.10. The van der Waals surface area contributed by atoms with Crippen molar-refractivity contribution in [1.82, 2.24) is 4.98 Å². The number of carboxylic acid groups (broad SMARTS) is 1. The van der Waals surface area contributed by atoms with E-state index in [4.69, 9.17) is 21.4 Å². The summed E-state index contributed by atoms with van der Waals surface area (Å²) in [5.74, 6) is -1.67. The molecule has 0 saturated heterocycles. The highest BCUT2D eigenvalue weighted by Gasteiger charge is 2.20. The molecule has 0 aliphatic heterocycles. The van der Waals surface area contributed by atoms with Crippen molar-refractivity contribution in [3.05, 3.63) is 55.6 Å². The van der Waals surface area contributed by atoms with Gasteiger partial charge in [-0.15, -0.1) is 0 Å². The second-order valence-electron chi connectivity index (χ2n) is 3.78. The molecule has 1 aromatic heterocycles. The number of hydrogen-bond donors (Lipinski definition) is 1. The molecule has 0 bridgehead atoms. The molecule has 108 valence electrons. The Kier molecular flexibility index (Phi) is 4.39. The minimum Gasteiger partial charge on any atom is -0.477 e. The summed E-state index contributed by atoms with van der Waals surface area (Å²) in [6.07, 6.45) is 1.32. The van der Waals surface area contributed by atoms with E-state index >= 15 is 0 Å². The minimum absolute atomic E-state index is 0.151. The number of aromatic carboxylic acids is 1. The summed E-state index contributed by atoms with van der Waals surface area (Å²) in [5.41, 5.74) is -0.614. The van der Waals surface area contributed by atoms with Crippen LogP contribution in [0.3, 0.4) is 0 Å². The van der Waals surface area contributed by atoms with Crippen molar-refractivity contribution in [3.8, 4) is 11.6 Å². The average molecular weight is 374 g/mol. The molecule has 9 heteroatoms. The molecule has 0 saturated carbocycles. The first-order valence-electron chi connectivity index (χ1n) is 5.39. The van der Waals surface area contributed by atoms with Crippen molar-refractivity contribution in [1.29, 1.82) is 0 Å². The van der Waals surface area contributed by atoms with Gasteiger partial charge in [-0.25, -0.2) is 9.78 Å². The third-order valence-corrected chi connectivity index (χ3v) is 3.04. The molecule has 0 spiro atoms. The Hall–Kier alpha value is -2.19. The average Bonchev–Trinajstić information content (AvgIpc) is 2.42. The molecule has 0 amide bonds. The zero-order valence-electron chi connectivity index (χ0n) is 10.1. The van der Waals surface area contributed by atoms with Crippen LogP contribution < -0.4 is 4.74 Å². The first-order valence-corrected chi connectivity index (χ1v) is 6.56. The number of hydrogen-bond acceptors (Lipinski definition) is 5.